The second-order valence-corrected chi connectivity index (χ2v) is 12.8. The number of carbonyl (C=O) groups excluding carboxylic acids is 4. The molecule has 2 aliphatic heterocycles. The van der Waals surface area contributed by atoms with E-state index in [9.17, 15) is 29.4 Å². The molecule has 46 heavy (non-hydrogen) atoms. The molecule has 1 saturated carbocycles. The van der Waals surface area contributed by atoms with Gasteiger partial charge in [-0.2, -0.15) is 0 Å². The fourth-order valence-corrected chi connectivity index (χ4v) is 7.86. The number of phenols is 1. The van der Waals surface area contributed by atoms with Gasteiger partial charge in [0.15, 0.2) is 11.5 Å². The number of rotatable bonds is 16. The van der Waals surface area contributed by atoms with Gasteiger partial charge in [0.2, 0.25) is 23.6 Å². The van der Waals surface area contributed by atoms with Crippen LogP contribution in [0.4, 0.5) is 0 Å². The minimum Gasteiger partial charge on any atom is -0.504 e. The zero-order chi connectivity index (χ0) is 32.9. The fraction of sp³-hybridized carbons (Fsp3) is 0.688. The number of likely N-dealkylation sites (tertiary alicyclic amines) is 1. The number of hydrogen-bond acceptors (Lipinski definition) is 10. The Morgan fingerprint density at radius 1 is 0.935 bits per heavy atom. The molecule has 254 valence electrons. The molecule has 0 unspecified atom stereocenters. The average Bonchev–Trinajstić information content (AvgIpc) is 3.39. The number of piperidine rings is 1. The first-order chi connectivity index (χ1) is 22.1. The molecule has 5 rings (SSSR count). The van der Waals surface area contributed by atoms with Gasteiger partial charge in [0.05, 0.1) is 17.1 Å². The Balaban J connectivity index is 0.985. The zero-order valence-electron chi connectivity index (χ0n) is 26.7. The van der Waals surface area contributed by atoms with E-state index in [-0.39, 0.29) is 67.9 Å². The summed E-state index contributed by atoms with van der Waals surface area (Å²) in [6, 6.07) is 3.11. The van der Waals surface area contributed by atoms with Crippen molar-refractivity contribution in [2.75, 3.05) is 60.2 Å². The molecule has 14 nitrogen and oxygen atoms in total. The van der Waals surface area contributed by atoms with Crippen molar-refractivity contribution in [2.45, 2.75) is 80.6 Å². The highest BCUT2D eigenvalue weighted by Crippen LogP contribution is 2.65. The van der Waals surface area contributed by atoms with Gasteiger partial charge in [0.25, 0.3) is 0 Å². The summed E-state index contributed by atoms with van der Waals surface area (Å²) < 4.78 is 16.8. The molecule has 14 heteroatoms. The summed E-state index contributed by atoms with van der Waals surface area (Å²) >= 11 is 0. The second-order valence-electron chi connectivity index (χ2n) is 12.8. The molecule has 1 aromatic carbocycles. The minimum absolute atomic E-state index is 0.0490. The molecule has 1 aromatic rings. The Labute approximate surface area is 268 Å². The molecule has 2 bridgehead atoms. The highest BCUT2D eigenvalue weighted by atomic mass is 16.5. The number of likely N-dealkylation sites (N-methyl/N-ethyl adjacent to an activating group) is 2. The molecular weight excluding hydrogens is 598 g/mol. The van der Waals surface area contributed by atoms with Gasteiger partial charge in [-0.1, -0.05) is 18.9 Å². The van der Waals surface area contributed by atoms with Crippen molar-refractivity contribution in [1.82, 2.24) is 26.2 Å². The Hall–Kier alpha value is -3.46. The summed E-state index contributed by atoms with van der Waals surface area (Å²) in [5.74, 6) is -0.766. The van der Waals surface area contributed by atoms with Gasteiger partial charge in [-0.05, 0) is 63.7 Å². The maximum atomic E-state index is 12.9. The first-order valence-electron chi connectivity index (χ1n) is 16.2. The second kappa shape index (κ2) is 14.5. The van der Waals surface area contributed by atoms with Crippen molar-refractivity contribution in [3.05, 3.63) is 23.3 Å². The van der Waals surface area contributed by atoms with E-state index in [2.05, 4.69) is 26.2 Å². The van der Waals surface area contributed by atoms with Crippen LogP contribution in [0.25, 0.3) is 0 Å². The third-order valence-corrected chi connectivity index (χ3v) is 10.0. The summed E-state index contributed by atoms with van der Waals surface area (Å²) in [6.45, 7) is 0.913. The van der Waals surface area contributed by atoms with Crippen molar-refractivity contribution in [2.24, 2.45) is 0 Å². The largest absolute Gasteiger partial charge is 0.504 e. The molecule has 2 heterocycles. The van der Waals surface area contributed by atoms with E-state index in [0.717, 1.165) is 43.4 Å². The van der Waals surface area contributed by atoms with Crippen LogP contribution in [0.5, 0.6) is 11.5 Å². The molecule has 4 aliphatic rings. The summed E-state index contributed by atoms with van der Waals surface area (Å²) in [6.07, 6.45) is 5.12. The number of amides is 4. The molecule has 1 spiro atoms. The minimum atomic E-state index is -1.03. The van der Waals surface area contributed by atoms with Gasteiger partial charge in [0.1, 0.15) is 32.5 Å². The molecule has 2 aliphatic carbocycles. The number of unbranched alkanes of at least 4 members (excludes halogenated alkanes) is 3. The number of ether oxygens (including phenoxy) is 3. The molecule has 4 amide bonds. The summed E-state index contributed by atoms with van der Waals surface area (Å²) in [7, 11) is 3.53. The zero-order valence-corrected chi connectivity index (χ0v) is 26.7. The van der Waals surface area contributed by atoms with Crippen molar-refractivity contribution in [1.29, 1.82) is 0 Å². The van der Waals surface area contributed by atoms with Gasteiger partial charge in [-0.3, -0.25) is 19.2 Å². The summed E-state index contributed by atoms with van der Waals surface area (Å²) in [4.78, 5) is 50.1. The molecule has 0 radical (unpaired) electrons. The van der Waals surface area contributed by atoms with Crippen molar-refractivity contribution < 1.29 is 43.6 Å². The van der Waals surface area contributed by atoms with Crippen LogP contribution >= 0.6 is 0 Å². The lowest BCUT2D eigenvalue weighted by Crippen LogP contribution is -2.77. The van der Waals surface area contributed by atoms with E-state index in [1.807, 2.05) is 13.1 Å². The topological polar surface area (TPSA) is 188 Å². The molecule has 6 N–H and O–H groups in total. The lowest BCUT2D eigenvalue weighted by molar-refractivity contribution is -0.187. The van der Waals surface area contributed by atoms with E-state index in [4.69, 9.17) is 14.2 Å². The van der Waals surface area contributed by atoms with Gasteiger partial charge in [0, 0.05) is 31.7 Å². The van der Waals surface area contributed by atoms with Crippen molar-refractivity contribution >= 4 is 23.6 Å². The quantitative estimate of drug-likeness (QED) is 0.125. The van der Waals surface area contributed by atoms with Crippen LogP contribution in [0.15, 0.2) is 12.1 Å². The van der Waals surface area contributed by atoms with Crippen LogP contribution in [0, 0.1) is 0 Å². The van der Waals surface area contributed by atoms with Crippen LogP contribution in [0.1, 0.15) is 56.1 Å². The van der Waals surface area contributed by atoms with Crippen molar-refractivity contribution in [3.8, 4) is 11.5 Å². The number of carbonyl (C=O) groups is 4. The highest BCUT2D eigenvalue weighted by Gasteiger charge is 2.72. The predicted molar refractivity (Wildman–Crippen MR) is 165 cm³/mol. The van der Waals surface area contributed by atoms with Gasteiger partial charge in [-0.15, -0.1) is 0 Å². The number of aliphatic hydroxyl groups is 1. The predicted octanol–water partition coefficient (Wildman–Crippen LogP) is -0.767. The van der Waals surface area contributed by atoms with Crippen LogP contribution in [0.3, 0.4) is 0 Å². The van der Waals surface area contributed by atoms with E-state index >= 15 is 0 Å². The maximum absolute atomic E-state index is 12.9. The van der Waals surface area contributed by atoms with E-state index in [1.165, 1.54) is 7.05 Å². The Morgan fingerprint density at radius 2 is 1.57 bits per heavy atom. The van der Waals surface area contributed by atoms with Crippen LogP contribution in [-0.4, -0.2) is 123 Å². The average molecular weight is 646 g/mol. The third kappa shape index (κ3) is 6.66. The Bertz CT molecular complexity index is 1310. The number of benzene rings is 1. The molecule has 2 fully saturated rings. The van der Waals surface area contributed by atoms with Crippen LogP contribution < -0.4 is 26.0 Å². The first kappa shape index (κ1) is 33.9. The number of aromatic hydroxyl groups is 1. The maximum Gasteiger partial charge on any atom is 0.246 e. The fourth-order valence-electron chi connectivity index (χ4n) is 7.86. The molecule has 1 saturated heterocycles. The third-order valence-electron chi connectivity index (χ3n) is 10.0. The van der Waals surface area contributed by atoms with Gasteiger partial charge < -0.3 is 50.6 Å². The van der Waals surface area contributed by atoms with Crippen LogP contribution in [-0.2, 0) is 40.5 Å². The van der Waals surface area contributed by atoms with Crippen LogP contribution in [0.2, 0.25) is 0 Å². The standard InChI is InChI=1S/C32H47N5O9/c1-33-24(39)16-44-17-25(40)34-12-5-3-4-6-13-35-26(41)18-45-19-27(42)36-21-9-10-32(43)23-15-20-7-8-22(38)29-28(20)31(32,30(21)46-29)11-14-37(23)2/h7-8,21,23,30,38,43H,3-6,9-19H2,1-2H3,(H,33,39)(H,34,40)(H,35,41)(H,36,42)/t21-,23+,30-,31-,32+/m0/s1. The van der Waals surface area contributed by atoms with E-state index in [0.29, 0.717) is 44.5 Å². The Morgan fingerprint density at radius 3 is 2.22 bits per heavy atom. The number of hydrogen-bond donors (Lipinski definition) is 6. The monoisotopic (exact) mass is 645 g/mol. The normalized spacial score (nSPS) is 27.2. The number of phenolic OH excluding ortho intramolecular Hbond substituents is 1. The van der Waals surface area contributed by atoms with Gasteiger partial charge >= 0.3 is 0 Å². The summed E-state index contributed by atoms with van der Waals surface area (Å²) in [5, 5.41) is 33.9. The number of nitrogens with zero attached hydrogens (tertiary/aromatic N) is 1. The van der Waals surface area contributed by atoms with Gasteiger partial charge in [-0.25, -0.2) is 0 Å². The molecular formula is C32H47N5O9. The van der Waals surface area contributed by atoms with E-state index in [1.54, 1.807) is 6.07 Å². The highest BCUT2D eigenvalue weighted by molar-refractivity contribution is 5.80. The number of nitrogens with one attached hydrogen (secondary N) is 4. The Kier molecular flexibility index (Phi) is 10.7. The van der Waals surface area contributed by atoms with Crippen molar-refractivity contribution in [3.63, 3.8) is 0 Å². The SMILES string of the molecule is CNC(=O)COCC(=O)NCCCCCCNC(=O)COCC(=O)N[C@H]1CC[C@@]2(O)[C@H]3Cc4ccc(O)c5c4[C@@]2(CCN3C)[C@H]1O5. The molecule has 0 aromatic heterocycles. The summed E-state index contributed by atoms with van der Waals surface area (Å²) in [5.41, 5.74) is 0.210. The first-order valence-corrected chi connectivity index (χ1v) is 16.2. The van der Waals surface area contributed by atoms with E-state index < -0.39 is 17.1 Å². The smallest absolute Gasteiger partial charge is 0.246 e. The lowest BCUT2D eigenvalue weighted by Gasteiger charge is -2.63. The lowest BCUT2D eigenvalue weighted by atomic mass is 9.48. The molecule has 5 atom stereocenters.